The molecule has 0 fully saturated rings. The average Bonchev–Trinajstić information content (AvgIpc) is 2.51. The van der Waals surface area contributed by atoms with Gasteiger partial charge in [-0.2, -0.15) is 5.26 Å². The Morgan fingerprint density at radius 1 is 1.43 bits per heavy atom. The van der Waals surface area contributed by atoms with Crippen LogP contribution in [0.2, 0.25) is 0 Å². The molecule has 21 heavy (non-hydrogen) atoms. The molecule has 0 heterocycles. The van der Waals surface area contributed by atoms with E-state index in [1.807, 2.05) is 31.2 Å². The van der Waals surface area contributed by atoms with Crippen LogP contribution >= 0.6 is 0 Å². The maximum Gasteiger partial charge on any atom is 0.246 e. The fourth-order valence-corrected chi connectivity index (χ4v) is 1.67. The molecule has 4 heteroatoms. The van der Waals surface area contributed by atoms with Gasteiger partial charge in [0.2, 0.25) is 5.91 Å². The smallest absolute Gasteiger partial charge is 0.246 e. The molecule has 112 valence electrons. The summed E-state index contributed by atoms with van der Waals surface area (Å²) in [7, 11) is 1.70. The zero-order chi connectivity index (χ0) is 15.7. The number of amides is 1. The van der Waals surface area contributed by atoms with E-state index in [0.717, 1.165) is 17.7 Å². The van der Waals surface area contributed by atoms with Crippen molar-refractivity contribution in [2.45, 2.75) is 32.7 Å². The number of rotatable bonds is 7. The largest absolute Gasteiger partial charge is 0.494 e. The van der Waals surface area contributed by atoms with Crippen LogP contribution in [0.25, 0.3) is 6.08 Å². The third-order valence-electron chi connectivity index (χ3n) is 3.17. The first-order valence-corrected chi connectivity index (χ1v) is 7.13. The van der Waals surface area contributed by atoms with Gasteiger partial charge >= 0.3 is 0 Å². The van der Waals surface area contributed by atoms with E-state index < -0.39 is 0 Å². The van der Waals surface area contributed by atoms with Crippen LogP contribution in [0.3, 0.4) is 0 Å². The molecular formula is C17H22N2O2. The van der Waals surface area contributed by atoms with E-state index in [4.69, 9.17) is 10.00 Å². The third kappa shape index (κ3) is 5.70. The molecule has 0 saturated carbocycles. The number of benzene rings is 1. The van der Waals surface area contributed by atoms with Crippen LogP contribution in [0.15, 0.2) is 30.3 Å². The second kappa shape index (κ2) is 8.80. The SMILES string of the molecule is CCCOc1ccc(/C=C/C(=O)N(C)C(C)CC#N)cc1. The van der Waals surface area contributed by atoms with Crippen LogP contribution in [0.4, 0.5) is 0 Å². The molecule has 1 aromatic rings. The predicted molar refractivity (Wildman–Crippen MR) is 83.7 cm³/mol. The van der Waals surface area contributed by atoms with Gasteiger partial charge in [-0.25, -0.2) is 0 Å². The third-order valence-corrected chi connectivity index (χ3v) is 3.17. The molecule has 0 saturated heterocycles. The van der Waals surface area contributed by atoms with Crippen LogP contribution in [0.1, 0.15) is 32.3 Å². The van der Waals surface area contributed by atoms with Crippen molar-refractivity contribution in [3.63, 3.8) is 0 Å². The van der Waals surface area contributed by atoms with Crippen LogP contribution in [0.5, 0.6) is 5.75 Å². The number of nitrogens with zero attached hydrogens (tertiary/aromatic N) is 2. The molecule has 0 aliphatic rings. The number of hydrogen-bond acceptors (Lipinski definition) is 3. The summed E-state index contributed by atoms with van der Waals surface area (Å²) in [6.45, 7) is 4.62. The fourth-order valence-electron chi connectivity index (χ4n) is 1.67. The number of carbonyl (C=O) groups is 1. The Morgan fingerprint density at radius 3 is 2.67 bits per heavy atom. The highest BCUT2D eigenvalue weighted by Gasteiger charge is 2.12. The van der Waals surface area contributed by atoms with E-state index in [0.29, 0.717) is 13.0 Å². The highest BCUT2D eigenvalue weighted by molar-refractivity contribution is 5.91. The Bertz CT molecular complexity index is 515. The van der Waals surface area contributed by atoms with E-state index >= 15 is 0 Å². The molecule has 4 nitrogen and oxygen atoms in total. The fraction of sp³-hybridized carbons (Fsp3) is 0.412. The minimum Gasteiger partial charge on any atom is -0.494 e. The van der Waals surface area contributed by atoms with Crippen LogP contribution < -0.4 is 4.74 Å². The Balaban J connectivity index is 2.59. The van der Waals surface area contributed by atoms with E-state index in [9.17, 15) is 4.79 Å². The Morgan fingerprint density at radius 2 is 2.10 bits per heavy atom. The van der Waals surface area contributed by atoms with Crippen molar-refractivity contribution in [3.8, 4) is 11.8 Å². The number of likely N-dealkylation sites (N-methyl/N-ethyl adjacent to an activating group) is 1. The minimum atomic E-state index is -0.107. The van der Waals surface area contributed by atoms with Gasteiger partial charge in [-0.1, -0.05) is 19.1 Å². The Hall–Kier alpha value is -2.28. The molecular weight excluding hydrogens is 264 g/mol. The second-order valence-corrected chi connectivity index (χ2v) is 4.91. The summed E-state index contributed by atoms with van der Waals surface area (Å²) in [5, 5.41) is 8.64. The Labute approximate surface area is 126 Å². The standard InChI is InChI=1S/C17H22N2O2/c1-4-13-21-16-8-5-15(6-9-16)7-10-17(20)19(3)14(2)11-12-18/h5-10,14H,4,11,13H2,1-3H3/b10-7+. The van der Waals surface area contributed by atoms with Crippen molar-refractivity contribution in [2.24, 2.45) is 0 Å². The molecule has 0 aliphatic heterocycles. The lowest BCUT2D eigenvalue weighted by Crippen LogP contribution is -2.33. The number of carbonyl (C=O) groups excluding carboxylic acids is 1. The first-order valence-electron chi connectivity index (χ1n) is 7.13. The molecule has 0 aromatic heterocycles. The van der Waals surface area contributed by atoms with Crippen LogP contribution in [-0.2, 0) is 4.79 Å². The summed E-state index contributed by atoms with van der Waals surface area (Å²) in [6.07, 6.45) is 4.60. The van der Waals surface area contributed by atoms with Crippen molar-refractivity contribution in [1.82, 2.24) is 4.90 Å². The molecule has 0 radical (unpaired) electrons. The maximum atomic E-state index is 11.9. The molecule has 1 atom stereocenters. The average molecular weight is 286 g/mol. The molecule has 1 rings (SSSR count). The van der Waals surface area contributed by atoms with Gasteiger partial charge in [-0.15, -0.1) is 0 Å². The van der Waals surface area contributed by atoms with Gasteiger partial charge in [-0.05, 0) is 37.1 Å². The molecule has 0 aliphatic carbocycles. The van der Waals surface area contributed by atoms with Gasteiger partial charge in [0.1, 0.15) is 5.75 Å². The number of hydrogen-bond donors (Lipinski definition) is 0. The van der Waals surface area contributed by atoms with Gasteiger partial charge in [0.05, 0.1) is 19.1 Å². The predicted octanol–water partition coefficient (Wildman–Crippen LogP) is 3.25. The highest BCUT2D eigenvalue weighted by Crippen LogP contribution is 2.13. The summed E-state index contributed by atoms with van der Waals surface area (Å²) in [4.78, 5) is 13.5. The maximum absolute atomic E-state index is 11.9. The highest BCUT2D eigenvalue weighted by atomic mass is 16.5. The van der Waals surface area contributed by atoms with Crippen LogP contribution in [0, 0.1) is 11.3 Å². The molecule has 1 unspecified atom stereocenters. The minimum absolute atomic E-state index is 0.0861. The van der Waals surface area contributed by atoms with Gasteiger partial charge in [0, 0.05) is 19.2 Å². The molecule has 0 N–H and O–H groups in total. The van der Waals surface area contributed by atoms with Crippen LogP contribution in [-0.4, -0.2) is 30.5 Å². The number of ether oxygens (including phenoxy) is 1. The second-order valence-electron chi connectivity index (χ2n) is 4.91. The van der Waals surface area contributed by atoms with Crippen molar-refractivity contribution in [3.05, 3.63) is 35.9 Å². The normalized spacial score (nSPS) is 11.9. The molecule has 0 spiro atoms. The van der Waals surface area contributed by atoms with E-state index in [2.05, 4.69) is 13.0 Å². The van der Waals surface area contributed by atoms with Gasteiger partial charge < -0.3 is 9.64 Å². The van der Waals surface area contributed by atoms with Gasteiger partial charge in [0.15, 0.2) is 0 Å². The zero-order valence-corrected chi connectivity index (χ0v) is 12.9. The van der Waals surface area contributed by atoms with E-state index in [-0.39, 0.29) is 11.9 Å². The van der Waals surface area contributed by atoms with Crippen molar-refractivity contribution in [1.29, 1.82) is 5.26 Å². The molecule has 1 aromatic carbocycles. The molecule has 0 bridgehead atoms. The van der Waals surface area contributed by atoms with Crippen molar-refractivity contribution < 1.29 is 9.53 Å². The van der Waals surface area contributed by atoms with Crippen molar-refractivity contribution >= 4 is 12.0 Å². The Kier molecular flexibility index (Phi) is 7.03. The summed E-state index contributed by atoms with van der Waals surface area (Å²) in [6, 6.07) is 9.58. The monoisotopic (exact) mass is 286 g/mol. The first-order chi connectivity index (χ1) is 10.1. The summed E-state index contributed by atoms with van der Waals surface area (Å²) in [5.74, 6) is 0.726. The van der Waals surface area contributed by atoms with E-state index in [1.54, 1.807) is 18.0 Å². The summed E-state index contributed by atoms with van der Waals surface area (Å²) >= 11 is 0. The van der Waals surface area contributed by atoms with Gasteiger partial charge in [0.25, 0.3) is 0 Å². The molecule has 1 amide bonds. The lowest BCUT2D eigenvalue weighted by molar-refractivity contribution is -0.126. The van der Waals surface area contributed by atoms with Gasteiger partial charge in [-0.3, -0.25) is 4.79 Å². The topological polar surface area (TPSA) is 53.3 Å². The lowest BCUT2D eigenvalue weighted by atomic mass is 10.2. The summed E-state index contributed by atoms with van der Waals surface area (Å²) < 4.78 is 5.50. The summed E-state index contributed by atoms with van der Waals surface area (Å²) in [5.41, 5.74) is 0.938. The quantitative estimate of drug-likeness (QED) is 0.723. The van der Waals surface area contributed by atoms with E-state index in [1.165, 1.54) is 6.08 Å². The number of nitriles is 1. The first kappa shape index (κ1) is 16.8. The zero-order valence-electron chi connectivity index (χ0n) is 12.9. The lowest BCUT2D eigenvalue weighted by Gasteiger charge is -2.21. The van der Waals surface area contributed by atoms with Crippen molar-refractivity contribution in [2.75, 3.05) is 13.7 Å².